The molecule has 1 aromatic carbocycles. The van der Waals surface area contributed by atoms with Crippen molar-refractivity contribution in [2.75, 3.05) is 10.8 Å². The van der Waals surface area contributed by atoms with E-state index in [1.54, 1.807) is 0 Å². The Morgan fingerprint density at radius 2 is 1.30 bits per heavy atom. The molecule has 0 aliphatic rings. The second kappa shape index (κ2) is 9.80. The van der Waals surface area contributed by atoms with E-state index in [0.29, 0.717) is 12.1 Å². The van der Waals surface area contributed by atoms with Crippen LogP contribution in [0.25, 0.3) is 0 Å². The molecule has 186 valence electrons. The van der Waals surface area contributed by atoms with Crippen LogP contribution in [0.5, 0.6) is 0 Å². The average Bonchev–Trinajstić information content (AvgIpc) is 2.59. The minimum Gasteiger partial charge on any atom is -0.480 e. The van der Waals surface area contributed by atoms with Gasteiger partial charge in [-0.15, -0.1) is 0 Å². The summed E-state index contributed by atoms with van der Waals surface area (Å²) >= 11 is 6.62. The summed E-state index contributed by atoms with van der Waals surface area (Å²) in [6, 6.07) is 1.25. The summed E-state index contributed by atoms with van der Waals surface area (Å²) in [6.07, 6.45) is 0. The van der Waals surface area contributed by atoms with Gasteiger partial charge in [-0.3, -0.25) is 4.79 Å². The number of nitrogens with zero attached hydrogens (tertiary/aromatic N) is 2. The van der Waals surface area contributed by atoms with Crippen molar-refractivity contribution in [3.05, 3.63) is 24.8 Å². The van der Waals surface area contributed by atoms with Crippen LogP contribution in [0.1, 0.15) is 10.4 Å². The van der Waals surface area contributed by atoms with Gasteiger partial charge in [0.2, 0.25) is 5.11 Å². The number of halogens is 8. The molecule has 33 heavy (non-hydrogen) atoms. The number of rotatable bonds is 6. The van der Waals surface area contributed by atoms with Gasteiger partial charge in [0.15, 0.2) is 0 Å². The van der Waals surface area contributed by atoms with E-state index in [2.05, 4.69) is 12.2 Å². The molecule has 2 N–H and O–H groups in total. The predicted octanol–water partition coefficient (Wildman–Crippen LogP) is 2.77. The van der Waals surface area contributed by atoms with Crippen molar-refractivity contribution >= 4 is 100 Å². The summed E-state index contributed by atoms with van der Waals surface area (Å²) in [7, 11) is -13.6. The molecule has 0 atom stereocenters. The maximum atomic E-state index is 13.4. The van der Waals surface area contributed by atoms with Crippen LogP contribution in [0.4, 0.5) is 32.0 Å². The van der Waals surface area contributed by atoms with Crippen LogP contribution >= 0.6 is 57.4 Å². The maximum Gasteiger partial charge on any atom is 0.517 e. The third-order valence-corrected chi connectivity index (χ3v) is 8.42. The van der Waals surface area contributed by atoms with Crippen LogP contribution in [0.15, 0.2) is 12.1 Å². The molecule has 0 bridgehead atoms. The van der Waals surface area contributed by atoms with Crippen molar-refractivity contribution in [3.63, 3.8) is 0 Å². The zero-order valence-corrected chi connectivity index (χ0v) is 21.6. The van der Waals surface area contributed by atoms with E-state index in [1.165, 1.54) is 0 Å². The topological polar surface area (TPSA) is 149 Å². The highest BCUT2D eigenvalue weighted by molar-refractivity contribution is 14.1. The van der Waals surface area contributed by atoms with Crippen molar-refractivity contribution < 1.29 is 63.0 Å². The number of carboxylic acid groups (broad SMARTS) is 2. The number of hydrogen-bond acceptors (Lipinski definition) is 7. The molecule has 0 unspecified atom stereocenters. The fraction of sp³-hybridized carbons (Fsp3) is 0.250. The number of carboxylic acids is 2. The first kappa shape index (κ1) is 29.8. The van der Waals surface area contributed by atoms with E-state index in [9.17, 15) is 52.8 Å². The molecule has 0 aliphatic heterocycles. The molecule has 21 heteroatoms. The van der Waals surface area contributed by atoms with E-state index < -0.39 is 81.7 Å². The van der Waals surface area contributed by atoms with E-state index in [4.69, 9.17) is 10.2 Å². The fourth-order valence-electron chi connectivity index (χ4n) is 1.91. The zero-order valence-electron chi connectivity index (χ0n) is 14.8. The van der Waals surface area contributed by atoms with Gasteiger partial charge in [0.25, 0.3) is 0 Å². The Hall–Kier alpha value is -1.21. The lowest BCUT2D eigenvalue weighted by atomic mass is 10.2. The highest BCUT2D eigenvalue weighted by atomic mass is 127. The Labute approximate surface area is 212 Å². The Bertz CT molecular complexity index is 1190. The van der Waals surface area contributed by atoms with E-state index >= 15 is 0 Å². The lowest BCUT2D eigenvalue weighted by Gasteiger charge is -2.33. The monoisotopic (exact) mass is 770 g/mol. The summed E-state index contributed by atoms with van der Waals surface area (Å²) in [4.78, 5) is 22.1. The highest BCUT2D eigenvalue weighted by Gasteiger charge is 2.57. The minimum absolute atomic E-state index is 0.576. The van der Waals surface area contributed by atoms with Gasteiger partial charge in [0, 0.05) is 7.14 Å². The van der Waals surface area contributed by atoms with Gasteiger partial charge in [0.1, 0.15) is 6.54 Å². The lowest BCUT2D eigenvalue weighted by molar-refractivity contribution is -0.136. The standard InChI is InChI=1S/C12H6F6I2N2O8S3/c13-11(14,15)32(27,28)21(3-7(23)24)10(31)22(33(29,30)12(16,17)18)8-5(19)1-4(9(25)26)2-6(8)20/h1-2H,3H2,(H,23,24)(H,25,26). The minimum atomic E-state index is -6.80. The number of hydrogen-bond donors (Lipinski definition) is 2. The number of thiocarbonyl (C=S) groups is 1. The second-order valence-electron chi connectivity index (χ2n) is 5.44. The molecule has 0 saturated heterocycles. The van der Waals surface area contributed by atoms with Gasteiger partial charge in [-0.05, 0) is 69.5 Å². The molecule has 10 nitrogen and oxygen atoms in total. The smallest absolute Gasteiger partial charge is 0.480 e. The first-order chi connectivity index (χ1) is 14.6. The Morgan fingerprint density at radius 3 is 1.61 bits per heavy atom. The van der Waals surface area contributed by atoms with Crippen LogP contribution in [-0.4, -0.2) is 66.0 Å². The van der Waals surface area contributed by atoms with Gasteiger partial charge in [-0.1, -0.05) is 0 Å². The summed E-state index contributed by atoms with van der Waals surface area (Å²) in [5.41, 5.74) is -14.3. The Kier molecular flexibility index (Phi) is 8.86. The third-order valence-electron chi connectivity index (χ3n) is 3.25. The molecule has 0 spiro atoms. The van der Waals surface area contributed by atoms with Gasteiger partial charge in [-0.2, -0.15) is 43.2 Å². The number of aromatic carboxylic acids is 1. The van der Waals surface area contributed by atoms with Crippen molar-refractivity contribution in [2.24, 2.45) is 0 Å². The van der Waals surface area contributed by atoms with Crippen LogP contribution in [0.3, 0.4) is 0 Å². The second-order valence-corrected chi connectivity index (χ2v) is 11.8. The summed E-state index contributed by atoms with van der Waals surface area (Å²) in [6.45, 7) is -2.19. The average molecular weight is 770 g/mol. The normalized spacial score (nSPS) is 12.8. The Morgan fingerprint density at radius 1 is 0.909 bits per heavy atom. The molecule has 0 aromatic heterocycles. The third kappa shape index (κ3) is 6.08. The van der Waals surface area contributed by atoms with E-state index in [-0.39, 0.29) is 0 Å². The van der Waals surface area contributed by atoms with Crippen LogP contribution in [-0.2, 0) is 24.8 Å². The molecular formula is C12H6F6I2N2O8S3. The van der Waals surface area contributed by atoms with Crippen LogP contribution in [0, 0.1) is 7.14 Å². The SMILES string of the molecule is O=C(O)CN(C(=S)N(c1c(I)cc(C(=O)O)cc1I)S(=O)(=O)C(F)(F)F)S(=O)(=O)C(F)(F)F. The van der Waals surface area contributed by atoms with Crippen molar-refractivity contribution in [1.29, 1.82) is 0 Å². The van der Waals surface area contributed by atoms with Crippen LogP contribution in [0.2, 0.25) is 0 Å². The molecule has 0 radical (unpaired) electrons. The van der Waals surface area contributed by atoms with Crippen molar-refractivity contribution in [1.82, 2.24) is 4.31 Å². The van der Waals surface area contributed by atoms with Crippen molar-refractivity contribution in [2.45, 2.75) is 11.0 Å². The first-order valence-electron chi connectivity index (χ1n) is 7.26. The van der Waals surface area contributed by atoms with Gasteiger partial charge >= 0.3 is 43.0 Å². The number of benzene rings is 1. The van der Waals surface area contributed by atoms with E-state index in [1.807, 2.05) is 0 Å². The molecule has 1 rings (SSSR count). The van der Waals surface area contributed by atoms with Gasteiger partial charge < -0.3 is 10.2 Å². The van der Waals surface area contributed by atoms with E-state index in [0.717, 1.165) is 45.2 Å². The molecule has 0 amide bonds. The van der Waals surface area contributed by atoms with Crippen molar-refractivity contribution in [3.8, 4) is 0 Å². The number of aliphatic carboxylic acids is 1. The number of carbonyl (C=O) groups is 2. The van der Waals surface area contributed by atoms with Gasteiger partial charge in [0.05, 0.1) is 11.3 Å². The van der Waals surface area contributed by atoms with Crippen LogP contribution < -0.4 is 4.31 Å². The molecule has 1 aromatic rings. The summed E-state index contributed by atoms with van der Waals surface area (Å²) < 4.78 is 124. The largest absolute Gasteiger partial charge is 0.517 e. The Balaban J connectivity index is 4.07. The quantitative estimate of drug-likeness (QED) is 0.253. The molecular weight excluding hydrogens is 764 g/mol. The molecule has 0 fully saturated rings. The zero-order chi connectivity index (χ0) is 26.3. The number of sulfonamides is 2. The first-order valence-corrected chi connectivity index (χ1v) is 12.7. The highest BCUT2D eigenvalue weighted by Crippen LogP contribution is 2.39. The number of alkyl halides is 6. The molecule has 0 aliphatic carbocycles. The summed E-state index contributed by atoms with van der Waals surface area (Å²) in [5.74, 6) is -3.93. The molecule has 0 saturated carbocycles. The fourth-order valence-corrected chi connectivity index (χ4v) is 7.05. The predicted molar refractivity (Wildman–Crippen MR) is 118 cm³/mol. The lowest BCUT2D eigenvalue weighted by Crippen LogP contribution is -2.56. The molecule has 0 heterocycles. The maximum absolute atomic E-state index is 13.4. The number of anilines is 1. The van der Waals surface area contributed by atoms with Gasteiger partial charge in [-0.25, -0.2) is 13.4 Å². The summed E-state index contributed by atoms with van der Waals surface area (Å²) in [5, 5.41) is 15.6.